The van der Waals surface area contributed by atoms with Crippen molar-refractivity contribution in [2.45, 2.75) is 6.04 Å². The van der Waals surface area contributed by atoms with E-state index < -0.39 is 0 Å². The first kappa shape index (κ1) is 10.7. The molecule has 6 nitrogen and oxygen atoms in total. The maximum atomic E-state index is 6.02. The maximum Gasteiger partial charge on any atom is 0.0727 e. The first-order valence-corrected chi connectivity index (χ1v) is 5.12. The summed E-state index contributed by atoms with van der Waals surface area (Å²) in [4.78, 5) is 0. The predicted molar refractivity (Wildman–Crippen MR) is 61.8 cm³/mol. The number of aryl methyl sites for hydroxylation is 2. The lowest BCUT2D eigenvalue weighted by Gasteiger charge is -2.10. The van der Waals surface area contributed by atoms with Gasteiger partial charge >= 0.3 is 0 Å². The third-order valence-electron chi connectivity index (χ3n) is 2.38. The molecule has 2 rings (SSSR count). The molecule has 0 amide bonds. The van der Waals surface area contributed by atoms with E-state index in [9.17, 15) is 0 Å². The Kier molecular flexibility index (Phi) is 2.91. The number of aromatic nitrogens is 4. The van der Waals surface area contributed by atoms with Crippen molar-refractivity contribution in [2.75, 3.05) is 11.9 Å². The maximum absolute atomic E-state index is 6.02. The van der Waals surface area contributed by atoms with E-state index in [4.69, 9.17) is 5.73 Å². The second kappa shape index (κ2) is 4.36. The number of nitrogens with two attached hydrogens (primary N) is 1. The topological polar surface area (TPSA) is 73.7 Å². The molecule has 1 atom stereocenters. The molecular formula is C10H16N6. The minimum atomic E-state index is -0.0612. The molecule has 6 heteroatoms. The highest BCUT2D eigenvalue weighted by atomic mass is 15.3. The summed E-state index contributed by atoms with van der Waals surface area (Å²) in [5.41, 5.74) is 8.02. The average Bonchev–Trinajstić information content (AvgIpc) is 2.84. The van der Waals surface area contributed by atoms with Crippen LogP contribution in [0.25, 0.3) is 0 Å². The molecular weight excluding hydrogens is 204 g/mol. The summed E-state index contributed by atoms with van der Waals surface area (Å²) < 4.78 is 3.50. The van der Waals surface area contributed by atoms with Crippen molar-refractivity contribution >= 4 is 5.69 Å². The second-order valence-electron chi connectivity index (χ2n) is 3.84. The molecule has 0 aliphatic heterocycles. The van der Waals surface area contributed by atoms with Crippen molar-refractivity contribution in [3.63, 3.8) is 0 Å². The van der Waals surface area contributed by atoms with E-state index in [0.29, 0.717) is 6.54 Å². The molecule has 0 aliphatic rings. The van der Waals surface area contributed by atoms with Crippen molar-refractivity contribution in [1.29, 1.82) is 0 Å². The molecule has 2 aromatic heterocycles. The third kappa shape index (κ3) is 2.40. The van der Waals surface area contributed by atoms with Gasteiger partial charge in [0.05, 0.1) is 24.1 Å². The van der Waals surface area contributed by atoms with Gasteiger partial charge in [0.25, 0.3) is 0 Å². The van der Waals surface area contributed by atoms with Gasteiger partial charge in [-0.25, -0.2) is 0 Å². The first-order chi connectivity index (χ1) is 7.65. The molecule has 0 bridgehead atoms. The van der Waals surface area contributed by atoms with Gasteiger partial charge in [-0.1, -0.05) is 0 Å². The van der Waals surface area contributed by atoms with E-state index in [-0.39, 0.29) is 6.04 Å². The summed E-state index contributed by atoms with van der Waals surface area (Å²) in [5.74, 6) is 0. The van der Waals surface area contributed by atoms with Gasteiger partial charge in [-0.3, -0.25) is 9.36 Å². The minimum Gasteiger partial charge on any atom is -0.381 e. The molecule has 3 N–H and O–H groups in total. The molecule has 2 aromatic rings. The van der Waals surface area contributed by atoms with Crippen LogP contribution in [0.15, 0.2) is 24.8 Å². The molecule has 0 saturated heterocycles. The molecule has 0 radical (unpaired) electrons. The number of hydrogen-bond donors (Lipinski definition) is 2. The van der Waals surface area contributed by atoms with E-state index in [2.05, 4.69) is 15.5 Å². The highest BCUT2D eigenvalue weighted by Crippen LogP contribution is 2.10. The van der Waals surface area contributed by atoms with E-state index in [1.54, 1.807) is 21.8 Å². The van der Waals surface area contributed by atoms with Crippen LogP contribution >= 0.6 is 0 Å². The quantitative estimate of drug-likeness (QED) is 0.775. The lowest BCUT2D eigenvalue weighted by atomic mass is 10.2. The van der Waals surface area contributed by atoms with Crippen LogP contribution in [0.4, 0.5) is 5.69 Å². The van der Waals surface area contributed by atoms with Crippen LogP contribution in [0.5, 0.6) is 0 Å². The summed E-state index contributed by atoms with van der Waals surface area (Å²) >= 11 is 0. The van der Waals surface area contributed by atoms with Gasteiger partial charge in [-0.05, 0) is 0 Å². The van der Waals surface area contributed by atoms with Crippen molar-refractivity contribution in [1.82, 2.24) is 19.6 Å². The van der Waals surface area contributed by atoms with Gasteiger partial charge in [-0.2, -0.15) is 10.2 Å². The van der Waals surface area contributed by atoms with Crippen molar-refractivity contribution in [3.05, 3.63) is 30.4 Å². The van der Waals surface area contributed by atoms with Crippen LogP contribution in [0, 0.1) is 0 Å². The highest BCUT2D eigenvalue weighted by Gasteiger charge is 2.07. The fraction of sp³-hybridized carbons (Fsp3) is 0.400. The van der Waals surface area contributed by atoms with Gasteiger partial charge in [-0.15, -0.1) is 0 Å². The van der Waals surface area contributed by atoms with E-state index in [1.807, 2.05) is 26.5 Å². The zero-order valence-corrected chi connectivity index (χ0v) is 9.46. The Morgan fingerprint density at radius 2 is 1.94 bits per heavy atom. The van der Waals surface area contributed by atoms with Gasteiger partial charge in [0.2, 0.25) is 0 Å². The molecule has 16 heavy (non-hydrogen) atoms. The fourth-order valence-corrected chi connectivity index (χ4v) is 1.49. The lowest BCUT2D eigenvalue weighted by Crippen LogP contribution is -2.19. The number of nitrogens with zero attached hydrogens (tertiary/aromatic N) is 4. The third-order valence-corrected chi connectivity index (χ3v) is 2.38. The Morgan fingerprint density at radius 3 is 2.50 bits per heavy atom. The zero-order chi connectivity index (χ0) is 11.5. The van der Waals surface area contributed by atoms with Crippen LogP contribution in [-0.4, -0.2) is 26.1 Å². The minimum absolute atomic E-state index is 0.0612. The predicted octanol–water partition coefficient (Wildman–Crippen LogP) is 0.265. The van der Waals surface area contributed by atoms with Crippen molar-refractivity contribution in [2.24, 2.45) is 19.8 Å². The number of hydrogen-bond acceptors (Lipinski definition) is 4. The van der Waals surface area contributed by atoms with Crippen LogP contribution in [0.3, 0.4) is 0 Å². The molecule has 0 spiro atoms. The standard InChI is InChI=1S/C10H16N6/c1-15-6-8(3-13-15)10(11)5-12-9-4-14-16(2)7-9/h3-4,6-7,10,12H,5,11H2,1-2H3. The van der Waals surface area contributed by atoms with Crippen LogP contribution in [-0.2, 0) is 14.1 Å². The van der Waals surface area contributed by atoms with Gasteiger partial charge < -0.3 is 11.1 Å². The molecule has 2 heterocycles. The monoisotopic (exact) mass is 220 g/mol. The Labute approximate surface area is 94.1 Å². The summed E-state index contributed by atoms with van der Waals surface area (Å²) in [5, 5.41) is 11.4. The van der Waals surface area contributed by atoms with E-state index in [1.165, 1.54) is 0 Å². The Bertz CT molecular complexity index is 457. The smallest absolute Gasteiger partial charge is 0.0727 e. The Morgan fingerprint density at radius 1 is 1.25 bits per heavy atom. The zero-order valence-electron chi connectivity index (χ0n) is 9.46. The lowest BCUT2D eigenvalue weighted by molar-refractivity contribution is 0.749. The Hall–Kier alpha value is -1.82. The molecule has 0 saturated carbocycles. The summed E-state index contributed by atoms with van der Waals surface area (Å²) in [6.45, 7) is 0.664. The summed E-state index contributed by atoms with van der Waals surface area (Å²) in [6, 6.07) is -0.0612. The van der Waals surface area contributed by atoms with Gasteiger partial charge in [0, 0.05) is 38.6 Å². The fourth-order valence-electron chi connectivity index (χ4n) is 1.49. The van der Waals surface area contributed by atoms with Crippen molar-refractivity contribution < 1.29 is 0 Å². The Balaban J connectivity index is 1.91. The van der Waals surface area contributed by atoms with Crippen LogP contribution in [0.2, 0.25) is 0 Å². The molecule has 1 unspecified atom stereocenters. The normalized spacial score (nSPS) is 12.7. The first-order valence-electron chi connectivity index (χ1n) is 5.12. The average molecular weight is 220 g/mol. The van der Waals surface area contributed by atoms with Gasteiger partial charge in [0.15, 0.2) is 0 Å². The molecule has 0 aromatic carbocycles. The number of rotatable bonds is 4. The van der Waals surface area contributed by atoms with Crippen LogP contribution < -0.4 is 11.1 Å². The largest absolute Gasteiger partial charge is 0.381 e. The van der Waals surface area contributed by atoms with E-state index in [0.717, 1.165) is 11.3 Å². The molecule has 0 aliphatic carbocycles. The number of anilines is 1. The summed E-state index contributed by atoms with van der Waals surface area (Å²) in [6.07, 6.45) is 7.40. The second-order valence-corrected chi connectivity index (χ2v) is 3.84. The molecule has 86 valence electrons. The molecule has 0 fully saturated rings. The van der Waals surface area contributed by atoms with Crippen molar-refractivity contribution in [3.8, 4) is 0 Å². The van der Waals surface area contributed by atoms with Crippen LogP contribution in [0.1, 0.15) is 11.6 Å². The summed E-state index contributed by atoms with van der Waals surface area (Å²) in [7, 11) is 3.76. The SMILES string of the molecule is Cn1cc(NCC(N)c2cnn(C)c2)cn1. The van der Waals surface area contributed by atoms with E-state index >= 15 is 0 Å². The van der Waals surface area contributed by atoms with Gasteiger partial charge in [0.1, 0.15) is 0 Å². The highest BCUT2D eigenvalue weighted by molar-refractivity contribution is 5.38. The number of nitrogens with one attached hydrogen (secondary N) is 1.